The van der Waals surface area contributed by atoms with Crippen LogP contribution in [-0.4, -0.2) is 58.7 Å². The molecule has 0 aliphatic heterocycles. The first kappa shape index (κ1) is 33.8. The van der Waals surface area contributed by atoms with Gasteiger partial charge >= 0.3 is 0 Å². The van der Waals surface area contributed by atoms with Crippen molar-refractivity contribution in [2.75, 3.05) is 0 Å². The lowest BCUT2D eigenvalue weighted by Gasteiger charge is -2.27. The summed E-state index contributed by atoms with van der Waals surface area (Å²) in [6, 6.07) is 0. The standard InChI is InChI=1S/C30H24Br6N12/c31-19-1-37-43(7-19)13-25-26(14-44-8-20(32)2-38-44)28(16-46-10-22(34)4-40-46)30(18-48-12-24(36)6-42-48)29(17-47-11-23(35)5-41-47)27(25)15-45-9-21(33)3-39-45/h1-12H,13-18H2. The largest absolute Gasteiger partial charge is 0.267 e. The molecule has 0 atom stereocenters. The Balaban J connectivity index is 1.55. The van der Waals surface area contributed by atoms with Gasteiger partial charge < -0.3 is 0 Å². The molecule has 0 spiro atoms. The maximum absolute atomic E-state index is 4.69. The van der Waals surface area contributed by atoms with Crippen LogP contribution >= 0.6 is 95.6 Å². The first-order chi connectivity index (χ1) is 23.2. The Hall–Kier alpha value is -2.64. The zero-order valence-electron chi connectivity index (χ0n) is 24.8. The van der Waals surface area contributed by atoms with Crippen LogP contribution in [0.1, 0.15) is 33.4 Å². The minimum atomic E-state index is 0.514. The molecule has 7 rings (SSSR count). The third-order valence-electron chi connectivity index (χ3n) is 7.72. The van der Waals surface area contributed by atoms with E-state index >= 15 is 0 Å². The lowest BCUT2D eigenvalue weighted by Crippen LogP contribution is -2.23. The zero-order valence-corrected chi connectivity index (χ0v) is 34.3. The van der Waals surface area contributed by atoms with Gasteiger partial charge in [-0.15, -0.1) is 0 Å². The monoisotopic (exact) mass is 1030 g/mol. The first-order valence-corrected chi connectivity index (χ1v) is 19.2. The van der Waals surface area contributed by atoms with Crippen LogP contribution < -0.4 is 0 Å². The highest BCUT2D eigenvalue weighted by atomic mass is 79.9. The number of rotatable bonds is 12. The van der Waals surface area contributed by atoms with E-state index in [0.717, 1.165) is 60.2 Å². The van der Waals surface area contributed by atoms with Gasteiger partial charge in [-0.25, -0.2) is 0 Å². The highest BCUT2D eigenvalue weighted by Crippen LogP contribution is 2.34. The average Bonchev–Trinajstić information content (AvgIpc) is 3.90. The molecule has 18 heteroatoms. The summed E-state index contributed by atoms with van der Waals surface area (Å²) in [4.78, 5) is 0. The molecular formula is C30H24Br6N12. The van der Waals surface area contributed by atoms with E-state index in [1.165, 1.54) is 0 Å². The Kier molecular flexibility index (Phi) is 10.4. The van der Waals surface area contributed by atoms with Crippen molar-refractivity contribution in [2.24, 2.45) is 0 Å². The predicted molar refractivity (Wildman–Crippen MR) is 201 cm³/mol. The third kappa shape index (κ3) is 7.88. The molecule has 246 valence electrons. The van der Waals surface area contributed by atoms with Gasteiger partial charge in [0, 0.05) is 37.2 Å². The molecule has 0 aliphatic rings. The van der Waals surface area contributed by atoms with Crippen LogP contribution in [-0.2, 0) is 39.3 Å². The number of hydrogen-bond donors (Lipinski definition) is 0. The SMILES string of the molecule is Brc1cnn(Cc2c(Cn3cc(Br)cn3)c(Cn3cc(Br)cn3)c(Cn3cc(Br)cn3)c(Cn3cc(Br)cn3)c2Cn2cc(Br)cn2)c1. The second-order valence-corrected chi connectivity index (χ2v) is 16.5. The zero-order chi connectivity index (χ0) is 33.4. The summed E-state index contributed by atoms with van der Waals surface area (Å²) in [5, 5.41) is 28.1. The van der Waals surface area contributed by atoms with E-state index in [9.17, 15) is 0 Å². The molecule has 0 saturated heterocycles. The molecule has 1 aromatic carbocycles. The summed E-state index contributed by atoms with van der Waals surface area (Å²) in [5.74, 6) is 0. The maximum Gasteiger partial charge on any atom is 0.0666 e. The van der Waals surface area contributed by atoms with E-state index in [1.54, 1.807) is 0 Å². The fourth-order valence-corrected chi connectivity index (χ4v) is 7.73. The second kappa shape index (κ2) is 14.7. The van der Waals surface area contributed by atoms with Gasteiger partial charge in [0.1, 0.15) is 0 Å². The highest BCUT2D eigenvalue weighted by molar-refractivity contribution is 9.11. The second-order valence-electron chi connectivity index (χ2n) is 11.0. The third-order valence-corrected chi connectivity index (χ3v) is 10.2. The molecule has 0 saturated carbocycles. The molecule has 0 fully saturated rings. The Bertz CT molecular complexity index is 1780. The van der Waals surface area contributed by atoms with Crippen molar-refractivity contribution in [3.63, 3.8) is 0 Å². The molecule has 0 aliphatic carbocycles. The molecule has 12 nitrogen and oxygen atoms in total. The van der Waals surface area contributed by atoms with Gasteiger partial charge in [-0.3, -0.25) is 28.1 Å². The number of nitrogens with zero attached hydrogens (tertiary/aromatic N) is 12. The predicted octanol–water partition coefficient (Wildman–Crippen LogP) is 7.73. The number of hydrogen-bond acceptors (Lipinski definition) is 6. The van der Waals surface area contributed by atoms with Gasteiger partial charge in [0.05, 0.1) is 103 Å². The lowest BCUT2D eigenvalue weighted by molar-refractivity contribution is 0.586. The molecule has 6 aromatic heterocycles. The lowest BCUT2D eigenvalue weighted by atomic mass is 9.85. The van der Waals surface area contributed by atoms with Gasteiger partial charge in [0.25, 0.3) is 0 Å². The van der Waals surface area contributed by atoms with Crippen LogP contribution in [0.4, 0.5) is 0 Å². The van der Waals surface area contributed by atoms with Crippen molar-refractivity contribution in [3.8, 4) is 0 Å². The normalized spacial score (nSPS) is 11.6. The van der Waals surface area contributed by atoms with Crippen molar-refractivity contribution < 1.29 is 0 Å². The first-order valence-electron chi connectivity index (χ1n) is 14.4. The van der Waals surface area contributed by atoms with Crippen molar-refractivity contribution in [3.05, 3.63) is 135 Å². The Labute approximate surface area is 325 Å². The Morgan fingerprint density at radius 2 is 0.438 bits per heavy atom. The van der Waals surface area contributed by atoms with Crippen molar-refractivity contribution >= 4 is 95.6 Å². The van der Waals surface area contributed by atoms with Crippen molar-refractivity contribution in [2.45, 2.75) is 39.3 Å². The fraction of sp³-hybridized carbons (Fsp3) is 0.200. The molecule has 6 heterocycles. The topological polar surface area (TPSA) is 107 Å². The summed E-state index contributed by atoms with van der Waals surface area (Å²) in [7, 11) is 0. The average molecular weight is 1030 g/mol. The van der Waals surface area contributed by atoms with Gasteiger partial charge in [-0.2, -0.15) is 30.6 Å². The van der Waals surface area contributed by atoms with Gasteiger partial charge in [-0.05, 0) is 129 Å². The van der Waals surface area contributed by atoms with Gasteiger partial charge in [0.2, 0.25) is 0 Å². The molecule has 0 unspecified atom stereocenters. The highest BCUT2D eigenvalue weighted by Gasteiger charge is 2.27. The molecule has 0 radical (unpaired) electrons. The van der Waals surface area contributed by atoms with Gasteiger partial charge in [0.15, 0.2) is 0 Å². The molecule has 0 amide bonds. The van der Waals surface area contributed by atoms with Crippen LogP contribution in [0.2, 0.25) is 0 Å². The van der Waals surface area contributed by atoms with Crippen LogP contribution in [0.5, 0.6) is 0 Å². The Morgan fingerprint density at radius 3 is 0.542 bits per heavy atom. The number of benzene rings is 1. The summed E-state index contributed by atoms with van der Waals surface area (Å²) >= 11 is 21.6. The molecule has 0 bridgehead atoms. The quantitative estimate of drug-likeness (QED) is 0.124. The van der Waals surface area contributed by atoms with E-state index < -0.39 is 0 Å². The smallest absolute Gasteiger partial charge is 0.0666 e. The van der Waals surface area contributed by atoms with Crippen LogP contribution in [0.3, 0.4) is 0 Å². The summed E-state index contributed by atoms with van der Waals surface area (Å²) in [6.07, 6.45) is 22.8. The van der Waals surface area contributed by atoms with E-state index in [2.05, 4.69) is 126 Å². The molecule has 0 N–H and O–H groups in total. The van der Waals surface area contributed by atoms with Crippen molar-refractivity contribution in [1.82, 2.24) is 58.7 Å². The summed E-state index contributed by atoms with van der Waals surface area (Å²) in [5.41, 5.74) is 6.73. The Morgan fingerprint density at radius 1 is 0.292 bits per heavy atom. The van der Waals surface area contributed by atoms with E-state index in [-0.39, 0.29) is 0 Å². The van der Waals surface area contributed by atoms with E-state index in [0.29, 0.717) is 39.3 Å². The molecule has 48 heavy (non-hydrogen) atoms. The fourth-order valence-electron chi connectivity index (χ4n) is 5.76. The van der Waals surface area contributed by atoms with Crippen LogP contribution in [0.15, 0.2) is 101 Å². The van der Waals surface area contributed by atoms with Gasteiger partial charge in [-0.1, -0.05) is 0 Å². The van der Waals surface area contributed by atoms with E-state index in [1.807, 2.05) is 102 Å². The van der Waals surface area contributed by atoms with Crippen LogP contribution in [0.25, 0.3) is 0 Å². The number of halogens is 6. The van der Waals surface area contributed by atoms with Crippen LogP contribution in [0, 0.1) is 0 Å². The minimum Gasteiger partial charge on any atom is -0.267 e. The summed E-state index contributed by atoms with van der Waals surface area (Å²) < 4.78 is 17.2. The number of aromatic nitrogens is 12. The summed E-state index contributed by atoms with van der Waals surface area (Å²) in [6.45, 7) is 3.09. The minimum absolute atomic E-state index is 0.514. The van der Waals surface area contributed by atoms with E-state index in [4.69, 9.17) is 0 Å². The molecular weight excluding hydrogens is 1010 g/mol. The maximum atomic E-state index is 4.69. The molecule has 7 aromatic rings. The van der Waals surface area contributed by atoms with Crippen molar-refractivity contribution in [1.29, 1.82) is 0 Å².